The van der Waals surface area contributed by atoms with Gasteiger partial charge in [-0.3, -0.25) is 9.59 Å². The van der Waals surface area contributed by atoms with Crippen LogP contribution in [0.2, 0.25) is 0 Å². The van der Waals surface area contributed by atoms with Crippen molar-refractivity contribution in [2.45, 2.75) is 11.8 Å². The lowest BCUT2D eigenvalue weighted by Gasteiger charge is -2.13. The average Bonchev–Trinajstić information content (AvgIpc) is 3.17. The molecule has 0 bridgehead atoms. The van der Waals surface area contributed by atoms with Crippen molar-refractivity contribution in [1.29, 1.82) is 0 Å². The van der Waals surface area contributed by atoms with E-state index in [1.54, 1.807) is 12.1 Å². The Morgan fingerprint density at radius 3 is 2.24 bits per heavy atom. The predicted octanol–water partition coefficient (Wildman–Crippen LogP) is 2.75. The van der Waals surface area contributed by atoms with Crippen LogP contribution in [0.1, 0.15) is 22.3 Å². The van der Waals surface area contributed by atoms with Gasteiger partial charge in [0.1, 0.15) is 12.0 Å². The highest BCUT2D eigenvalue weighted by Gasteiger charge is 2.81. The molecule has 2 aromatic carbocycles. The molecule has 4 rings (SSSR count). The van der Waals surface area contributed by atoms with Gasteiger partial charge in [0, 0.05) is 5.56 Å². The van der Waals surface area contributed by atoms with Crippen LogP contribution < -0.4 is 0 Å². The van der Waals surface area contributed by atoms with E-state index >= 15 is 0 Å². The highest BCUT2D eigenvalue weighted by atomic mass is 16.5. The van der Waals surface area contributed by atoms with E-state index in [1.807, 2.05) is 48.5 Å². The third kappa shape index (κ3) is 1.43. The first-order valence-corrected chi connectivity index (χ1v) is 7.03. The molecule has 0 unspecified atom stereocenters. The number of carbonyl (C=O) groups is 2. The van der Waals surface area contributed by atoms with Crippen molar-refractivity contribution in [3.8, 4) is 0 Å². The molecular formula is C18H14O3. The second-order valence-corrected chi connectivity index (χ2v) is 5.80. The number of cyclic esters (lactones) is 1. The number of ether oxygens (including phenoxy) is 1. The number of benzene rings is 2. The molecule has 3 heteroatoms. The summed E-state index contributed by atoms with van der Waals surface area (Å²) in [6.45, 7) is 0.300. The van der Waals surface area contributed by atoms with Crippen LogP contribution in [-0.4, -0.2) is 18.4 Å². The van der Waals surface area contributed by atoms with Crippen LogP contribution in [0, 0.1) is 5.41 Å². The quantitative estimate of drug-likeness (QED) is 0.492. The molecule has 1 aliphatic heterocycles. The average molecular weight is 278 g/mol. The van der Waals surface area contributed by atoms with Crippen molar-refractivity contribution >= 4 is 11.8 Å². The molecule has 0 N–H and O–H groups in total. The van der Waals surface area contributed by atoms with Crippen molar-refractivity contribution < 1.29 is 14.3 Å². The van der Waals surface area contributed by atoms with Gasteiger partial charge in [-0.1, -0.05) is 60.7 Å². The van der Waals surface area contributed by atoms with Crippen LogP contribution in [-0.2, 0) is 14.9 Å². The normalized spacial score (nSPS) is 29.6. The zero-order valence-corrected chi connectivity index (χ0v) is 11.4. The SMILES string of the molecule is O=C1OC[C@@]2(c3ccccc3)C[C@@]12C(=O)c1ccccc1. The predicted molar refractivity (Wildman–Crippen MR) is 76.9 cm³/mol. The molecule has 0 aromatic heterocycles. The van der Waals surface area contributed by atoms with Gasteiger partial charge < -0.3 is 4.74 Å². The number of Topliss-reactive ketones (excluding diaryl/α,β-unsaturated/α-hetero) is 1. The molecule has 2 atom stereocenters. The van der Waals surface area contributed by atoms with Crippen molar-refractivity contribution in [1.82, 2.24) is 0 Å². The largest absolute Gasteiger partial charge is 0.464 e. The molecule has 2 fully saturated rings. The Kier molecular flexibility index (Phi) is 2.37. The van der Waals surface area contributed by atoms with E-state index in [1.165, 1.54) is 0 Å². The Morgan fingerprint density at radius 2 is 1.57 bits per heavy atom. The maximum Gasteiger partial charge on any atom is 0.321 e. The highest BCUT2D eigenvalue weighted by molar-refractivity contribution is 6.18. The molecule has 104 valence electrons. The van der Waals surface area contributed by atoms with Crippen LogP contribution in [0.4, 0.5) is 0 Å². The Hall–Kier alpha value is -2.42. The molecule has 1 heterocycles. The summed E-state index contributed by atoms with van der Waals surface area (Å²) in [6.07, 6.45) is 0.552. The number of ketones is 1. The van der Waals surface area contributed by atoms with Gasteiger partial charge in [-0.15, -0.1) is 0 Å². The number of fused-ring (bicyclic) bond motifs is 1. The van der Waals surface area contributed by atoms with E-state index < -0.39 is 10.8 Å². The van der Waals surface area contributed by atoms with Crippen LogP contribution in [0.3, 0.4) is 0 Å². The number of hydrogen-bond donors (Lipinski definition) is 0. The minimum absolute atomic E-state index is 0.116. The fourth-order valence-corrected chi connectivity index (χ4v) is 3.58. The first-order chi connectivity index (χ1) is 10.2. The van der Waals surface area contributed by atoms with Crippen LogP contribution >= 0.6 is 0 Å². The molecule has 1 saturated heterocycles. The molecular weight excluding hydrogens is 264 g/mol. The summed E-state index contributed by atoms with van der Waals surface area (Å²) in [5.41, 5.74) is 0.0998. The molecule has 0 amide bonds. The number of hydrogen-bond acceptors (Lipinski definition) is 3. The van der Waals surface area contributed by atoms with Crippen molar-refractivity contribution in [3.63, 3.8) is 0 Å². The van der Waals surface area contributed by atoms with Gasteiger partial charge in [-0.25, -0.2) is 0 Å². The highest BCUT2D eigenvalue weighted by Crippen LogP contribution is 2.70. The van der Waals surface area contributed by atoms with Gasteiger partial charge in [0.05, 0.1) is 5.41 Å². The summed E-state index contributed by atoms with van der Waals surface area (Å²) in [5, 5.41) is 0. The lowest BCUT2D eigenvalue weighted by atomic mass is 9.83. The van der Waals surface area contributed by atoms with Gasteiger partial charge >= 0.3 is 5.97 Å². The van der Waals surface area contributed by atoms with Gasteiger partial charge in [0.25, 0.3) is 0 Å². The standard InChI is InChI=1S/C18H14O3/c19-15(13-7-3-1-4-8-13)18-11-17(18,12-21-16(18)20)14-9-5-2-6-10-14/h1-10H,11-12H2/t17-,18-/m1/s1. The lowest BCUT2D eigenvalue weighted by Crippen LogP contribution is -2.29. The molecule has 0 spiro atoms. The molecule has 3 nitrogen and oxygen atoms in total. The van der Waals surface area contributed by atoms with Gasteiger partial charge in [0.2, 0.25) is 0 Å². The van der Waals surface area contributed by atoms with E-state index in [0.717, 1.165) is 5.56 Å². The minimum atomic E-state index is -1.02. The number of carbonyl (C=O) groups excluding carboxylic acids is 2. The van der Waals surface area contributed by atoms with Crippen molar-refractivity contribution in [2.24, 2.45) is 5.41 Å². The Labute approximate surface area is 122 Å². The van der Waals surface area contributed by atoms with E-state index in [9.17, 15) is 9.59 Å². The second kappa shape index (κ2) is 4.04. The van der Waals surface area contributed by atoms with Gasteiger partial charge in [-0.2, -0.15) is 0 Å². The fourth-order valence-electron chi connectivity index (χ4n) is 3.58. The van der Waals surface area contributed by atoms with Crippen LogP contribution in [0.5, 0.6) is 0 Å². The Balaban J connectivity index is 1.81. The summed E-state index contributed by atoms with van der Waals surface area (Å²) >= 11 is 0. The van der Waals surface area contributed by atoms with E-state index in [0.29, 0.717) is 18.6 Å². The first kappa shape index (κ1) is 12.3. The summed E-state index contributed by atoms with van der Waals surface area (Å²) < 4.78 is 5.26. The molecule has 21 heavy (non-hydrogen) atoms. The third-order valence-corrected chi connectivity index (χ3v) is 4.81. The van der Waals surface area contributed by atoms with Crippen LogP contribution in [0.25, 0.3) is 0 Å². The lowest BCUT2D eigenvalue weighted by molar-refractivity contribution is -0.143. The third-order valence-electron chi connectivity index (χ3n) is 4.81. The molecule has 2 aromatic rings. The smallest absolute Gasteiger partial charge is 0.321 e. The van der Waals surface area contributed by atoms with Crippen LogP contribution in [0.15, 0.2) is 60.7 Å². The molecule has 1 aliphatic carbocycles. The maximum atomic E-state index is 12.9. The fraction of sp³-hybridized carbons (Fsp3) is 0.222. The molecule has 2 aliphatic rings. The summed E-state index contributed by atoms with van der Waals surface area (Å²) in [6, 6.07) is 18.8. The van der Waals surface area contributed by atoms with Gasteiger partial charge in [-0.05, 0) is 12.0 Å². The van der Waals surface area contributed by atoms with E-state index in [4.69, 9.17) is 4.74 Å². The van der Waals surface area contributed by atoms with Gasteiger partial charge in [0.15, 0.2) is 5.78 Å². The summed E-state index contributed by atoms with van der Waals surface area (Å²) in [4.78, 5) is 25.2. The topological polar surface area (TPSA) is 43.4 Å². The van der Waals surface area contributed by atoms with E-state index in [2.05, 4.69) is 0 Å². The van der Waals surface area contributed by atoms with Crippen molar-refractivity contribution in [2.75, 3.05) is 6.61 Å². The Bertz CT molecular complexity index is 723. The summed E-state index contributed by atoms with van der Waals surface area (Å²) in [7, 11) is 0. The zero-order valence-electron chi connectivity index (χ0n) is 11.4. The monoisotopic (exact) mass is 278 g/mol. The zero-order chi connectivity index (χ0) is 14.5. The summed E-state index contributed by atoms with van der Waals surface area (Å²) in [5.74, 6) is -0.491. The molecule has 0 radical (unpaired) electrons. The van der Waals surface area contributed by atoms with Crippen molar-refractivity contribution in [3.05, 3.63) is 71.8 Å². The number of esters is 1. The first-order valence-electron chi connectivity index (χ1n) is 7.03. The molecule has 1 saturated carbocycles. The maximum absolute atomic E-state index is 12.9. The second-order valence-electron chi connectivity index (χ2n) is 5.80. The minimum Gasteiger partial charge on any atom is -0.464 e. The van der Waals surface area contributed by atoms with E-state index in [-0.39, 0.29) is 11.8 Å². The number of rotatable bonds is 3. The Morgan fingerprint density at radius 1 is 0.952 bits per heavy atom.